The molecule has 1 aliphatic heterocycles. The van der Waals surface area contributed by atoms with Gasteiger partial charge in [-0.25, -0.2) is 13.1 Å². The number of nitrogens with two attached hydrogens (primary N) is 2. The molecule has 1 aromatic rings. The molecule has 0 amide bonds. The zero-order valence-corrected chi connectivity index (χ0v) is 12.2. The fourth-order valence-corrected chi connectivity index (χ4v) is 3.35. The second kappa shape index (κ2) is 5.01. The third kappa shape index (κ3) is 2.69. The maximum Gasteiger partial charge on any atom is 0.182 e. The fraction of sp³-hybridized carbons (Fsp3) is 0.727. The van der Waals surface area contributed by atoms with Gasteiger partial charge in [-0.2, -0.15) is 5.10 Å². The predicted octanol–water partition coefficient (Wildman–Crippen LogP) is -0.184. The quantitative estimate of drug-likeness (QED) is 0.798. The van der Waals surface area contributed by atoms with Crippen LogP contribution >= 0.6 is 0 Å². The number of sulfone groups is 1. The maximum atomic E-state index is 11.9. The number of nitrogen functional groups attached to an aromatic ring is 1. The zero-order chi connectivity index (χ0) is 14.2. The van der Waals surface area contributed by atoms with Crippen molar-refractivity contribution >= 4 is 21.5 Å². The van der Waals surface area contributed by atoms with E-state index in [0.717, 1.165) is 12.8 Å². The van der Waals surface area contributed by atoms with Crippen molar-refractivity contribution in [3.63, 3.8) is 0 Å². The molecule has 0 radical (unpaired) electrons. The molecule has 0 saturated carbocycles. The number of rotatable bonds is 3. The summed E-state index contributed by atoms with van der Waals surface area (Å²) in [6.07, 6.45) is 2.84. The van der Waals surface area contributed by atoms with E-state index in [0.29, 0.717) is 25.5 Å². The molecule has 0 aliphatic carbocycles. The Morgan fingerprint density at radius 3 is 2.42 bits per heavy atom. The van der Waals surface area contributed by atoms with Crippen LogP contribution in [0.4, 0.5) is 11.6 Å². The number of hydrogen-bond acceptors (Lipinski definition) is 6. The number of nitrogens with zero attached hydrogens (tertiary/aromatic N) is 3. The van der Waals surface area contributed by atoms with Crippen molar-refractivity contribution in [3.05, 3.63) is 0 Å². The van der Waals surface area contributed by atoms with Crippen LogP contribution in [-0.4, -0.2) is 43.6 Å². The van der Waals surface area contributed by atoms with Gasteiger partial charge in [0.2, 0.25) is 0 Å². The van der Waals surface area contributed by atoms with Crippen LogP contribution in [0.3, 0.4) is 0 Å². The molecular formula is C11H21N5O2S. The lowest BCUT2D eigenvalue weighted by Gasteiger charge is -2.30. The van der Waals surface area contributed by atoms with Crippen LogP contribution in [0.25, 0.3) is 0 Å². The highest BCUT2D eigenvalue weighted by atomic mass is 32.2. The molecule has 1 aromatic heterocycles. The number of aryl methyl sites for hydroxylation is 1. The second-order valence-corrected chi connectivity index (χ2v) is 6.90. The Hall–Kier alpha value is -1.28. The van der Waals surface area contributed by atoms with Crippen molar-refractivity contribution in [1.82, 2.24) is 9.78 Å². The highest BCUT2D eigenvalue weighted by molar-refractivity contribution is 7.91. The zero-order valence-electron chi connectivity index (χ0n) is 11.3. The van der Waals surface area contributed by atoms with Gasteiger partial charge in [0.05, 0.1) is 0 Å². The molecule has 7 nitrogen and oxygen atoms in total. The molecule has 1 saturated heterocycles. The molecule has 8 heteroatoms. The summed E-state index contributed by atoms with van der Waals surface area (Å²) in [5.74, 6) is 0.684. The Labute approximate surface area is 113 Å². The first-order valence-electron chi connectivity index (χ1n) is 6.41. The van der Waals surface area contributed by atoms with Gasteiger partial charge in [0.1, 0.15) is 5.82 Å². The van der Waals surface area contributed by atoms with Gasteiger partial charge in [0.25, 0.3) is 0 Å². The lowest BCUT2D eigenvalue weighted by Crippen LogP contribution is -2.40. The van der Waals surface area contributed by atoms with Crippen molar-refractivity contribution in [2.24, 2.45) is 5.73 Å². The Bertz CT molecular complexity index is 558. The van der Waals surface area contributed by atoms with Gasteiger partial charge in [-0.1, -0.05) is 0 Å². The first-order valence-corrected chi connectivity index (χ1v) is 8.30. The van der Waals surface area contributed by atoms with Crippen molar-refractivity contribution in [2.75, 3.05) is 30.0 Å². The minimum Gasteiger partial charge on any atom is -0.383 e. The summed E-state index contributed by atoms with van der Waals surface area (Å²) in [6, 6.07) is 0.184. The number of piperidine rings is 1. The SMILES string of the molecule is CCn1nc(N2CCC(N)CC2)c(S(C)(=O)=O)c1N. The van der Waals surface area contributed by atoms with Crippen LogP contribution in [0.15, 0.2) is 4.90 Å². The lowest BCUT2D eigenvalue weighted by molar-refractivity contribution is 0.494. The molecule has 2 rings (SSSR count). The predicted molar refractivity (Wildman–Crippen MR) is 74.8 cm³/mol. The minimum atomic E-state index is -3.40. The summed E-state index contributed by atoms with van der Waals surface area (Å²) < 4.78 is 25.4. The van der Waals surface area contributed by atoms with Gasteiger partial charge >= 0.3 is 0 Å². The van der Waals surface area contributed by atoms with E-state index in [1.165, 1.54) is 10.9 Å². The molecule has 4 N–H and O–H groups in total. The van der Waals surface area contributed by atoms with E-state index < -0.39 is 9.84 Å². The molecule has 0 bridgehead atoms. The molecular weight excluding hydrogens is 266 g/mol. The van der Waals surface area contributed by atoms with Crippen LogP contribution in [0.5, 0.6) is 0 Å². The molecule has 0 aromatic carbocycles. The van der Waals surface area contributed by atoms with Crippen molar-refractivity contribution in [1.29, 1.82) is 0 Å². The molecule has 2 heterocycles. The normalized spacial score (nSPS) is 17.9. The number of anilines is 2. The Balaban J connectivity index is 2.45. The van der Waals surface area contributed by atoms with E-state index in [4.69, 9.17) is 11.5 Å². The standard InChI is InChI=1S/C11H21N5O2S/c1-3-16-10(13)9(19(2,17)18)11(14-16)15-6-4-8(12)5-7-15/h8H,3-7,12-13H2,1-2H3. The molecule has 1 aliphatic rings. The first-order chi connectivity index (χ1) is 8.84. The Morgan fingerprint density at radius 2 is 1.95 bits per heavy atom. The summed E-state index contributed by atoms with van der Waals surface area (Å²) >= 11 is 0. The fourth-order valence-electron chi connectivity index (χ4n) is 2.36. The monoisotopic (exact) mass is 287 g/mol. The molecule has 0 atom stereocenters. The molecule has 0 spiro atoms. The first kappa shape index (κ1) is 14.1. The number of hydrogen-bond donors (Lipinski definition) is 2. The van der Waals surface area contributed by atoms with Crippen molar-refractivity contribution in [3.8, 4) is 0 Å². The average molecular weight is 287 g/mol. The van der Waals surface area contributed by atoms with Gasteiger partial charge in [0.15, 0.2) is 20.6 Å². The van der Waals surface area contributed by atoms with Crippen LogP contribution in [0.2, 0.25) is 0 Å². The maximum absolute atomic E-state index is 11.9. The topological polar surface area (TPSA) is 107 Å². The smallest absolute Gasteiger partial charge is 0.182 e. The highest BCUT2D eigenvalue weighted by Gasteiger charge is 2.29. The summed E-state index contributed by atoms with van der Waals surface area (Å²) in [5, 5.41) is 4.34. The summed E-state index contributed by atoms with van der Waals surface area (Å²) in [7, 11) is -3.40. The van der Waals surface area contributed by atoms with E-state index in [1.54, 1.807) is 0 Å². The van der Waals surface area contributed by atoms with Crippen LogP contribution < -0.4 is 16.4 Å². The van der Waals surface area contributed by atoms with Crippen molar-refractivity contribution < 1.29 is 8.42 Å². The van der Waals surface area contributed by atoms with Gasteiger partial charge in [-0.3, -0.25) is 0 Å². The molecule has 19 heavy (non-hydrogen) atoms. The third-order valence-corrected chi connectivity index (χ3v) is 4.57. The van der Waals surface area contributed by atoms with E-state index in [2.05, 4.69) is 5.10 Å². The molecule has 108 valence electrons. The van der Waals surface area contributed by atoms with Crippen LogP contribution in [0.1, 0.15) is 19.8 Å². The van der Waals surface area contributed by atoms with Crippen LogP contribution in [-0.2, 0) is 16.4 Å². The van der Waals surface area contributed by atoms with Gasteiger partial charge < -0.3 is 16.4 Å². The van der Waals surface area contributed by atoms with E-state index in [9.17, 15) is 8.42 Å². The van der Waals surface area contributed by atoms with E-state index in [1.807, 2.05) is 11.8 Å². The average Bonchev–Trinajstić information content (AvgIpc) is 2.67. The highest BCUT2D eigenvalue weighted by Crippen LogP contribution is 2.31. The second-order valence-electron chi connectivity index (χ2n) is 4.95. The van der Waals surface area contributed by atoms with Gasteiger partial charge in [-0.15, -0.1) is 0 Å². The Kier molecular flexibility index (Phi) is 3.73. The molecule has 1 fully saturated rings. The van der Waals surface area contributed by atoms with Gasteiger partial charge in [0, 0.05) is 31.9 Å². The lowest BCUT2D eigenvalue weighted by atomic mass is 10.1. The van der Waals surface area contributed by atoms with Gasteiger partial charge in [-0.05, 0) is 19.8 Å². The molecule has 0 unspecified atom stereocenters. The van der Waals surface area contributed by atoms with Crippen molar-refractivity contribution in [2.45, 2.75) is 37.2 Å². The minimum absolute atomic E-state index is 0.143. The largest absolute Gasteiger partial charge is 0.383 e. The Morgan fingerprint density at radius 1 is 1.37 bits per heavy atom. The number of aromatic nitrogens is 2. The van der Waals surface area contributed by atoms with E-state index >= 15 is 0 Å². The summed E-state index contributed by atoms with van der Waals surface area (Å²) in [4.78, 5) is 2.10. The third-order valence-electron chi connectivity index (χ3n) is 3.44. The summed E-state index contributed by atoms with van der Waals surface area (Å²) in [5.41, 5.74) is 11.8. The van der Waals surface area contributed by atoms with E-state index in [-0.39, 0.29) is 16.8 Å². The summed E-state index contributed by atoms with van der Waals surface area (Å²) in [6.45, 7) is 3.85. The van der Waals surface area contributed by atoms with Crippen LogP contribution in [0, 0.1) is 0 Å².